The number of hydrogen-bond acceptors (Lipinski definition) is 4. The molecule has 154 valence electrons. The molecule has 1 amide bonds. The highest BCUT2D eigenvalue weighted by Gasteiger charge is 2.12. The summed E-state index contributed by atoms with van der Waals surface area (Å²) >= 11 is 0. The first-order valence-corrected chi connectivity index (χ1v) is 10.2. The molecule has 0 unspecified atom stereocenters. The second kappa shape index (κ2) is 9.22. The monoisotopic (exact) mass is 408 g/mol. The van der Waals surface area contributed by atoms with Crippen LogP contribution in [0.5, 0.6) is 0 Å². The number of anilines is 2. The molecule has 1 heterocycles. The van der Waals surface area contributed by atoms with E-state index in [2.05, 4.69) is 20.8 Å². The van der Waals surface area contributed by atoms with Crippen LogP contribution in [0.1, 0.15) is 34.5 Å². The van der Waals surface area contributed by atoms with E-state index in [0.717, 1.165) is 22.5 Å². The Morgan fingerprint density at radius 2 is 1.61 bits per heavy atom. The molecule has 0 aliphatic heterocycles. The molecular formula is C26H24N4O. The lowest BCUT2D eigenvalue weighted by atomic mass is 10.1. The number of hydrogen-bond donors (Lipinski definition) is 2. The molecule has 0 saturated heterocycles. The zero-order chi connectivity index (χ0) is 21.6. The molecule has 4 aromatic rings. The van der Waals surface area contributed by atoms with E-state index in [9.17, 15) is 4.79 Å². The molecule has 1 atom stereocenters. The van der Waals surface area contributed by atoms with Gasteiger partial charge in [0.15, 0.2) is 5.82 Å². The first-order chi connectivity index (χ1) is 15.1. The largest absolute Gasteiger partial charge is 0.346 e. The highest BCUT2D eigenvalue weighted by Crippen LogP contribution is 2.20. The Hall–Kier alpha value is -3.99. The summed E-state index contributed by atoms with van der Waals surface area (Å²) in [7, 11) is 0. The Kier molecular flexibility index (Phi) is 6.03. The molecule has 0 saturated carbocycles. The molecule has 5 heteroatoms. The van der Waals surface area contributed by atoms with Gasteiger partial charge in [-0.1, -0.05) is 66.2 Å². The normalized spacial score (nSPS) is 11.5. The smallest absolute Gasteiger partial charge is 0.251 e. The predicted molar refractivity (Wildman–Crippen MR) is 124 cm³/mol. The molecular weight excluding hydrogens is 384 g/mol. The zero-order valence-corrected chi connectivity index (χ0v) is 17.5. The fraction of sp³-hybridized carbons (Fsp3) is 0.115. The van der Waals surface area contributed by atoms with E-state index in [4.69, 9.17) is 0 Å². The van der Waals surface area contributed by atoms with Crippen molar-refractivity contribution in [2.75, 3.05) is 5.32 Å². The lowest BCUT2D eigenvalue weighted by Crippen LogP contribution is -2.26. The van der Waals surface area contributed by atoms with Crippen LogP contribution < -0.4 is 10.6 Å². The third-order valence-corrected chi connectivity index (χ3v) is 5.06. The summed E-state index contributed by atoms with van der Waals surface area (Å²) in [4.78, 5) is 12.7. The number of carbonyl (C=O) groups is 1. The van der Waals surface area contributed by atoms with Crippen molar-refractivity contribution in [1.82, 2.24) is 15.5 Å². The number of nitrogens with one attached hydrogen (secondary N) is 2. The molecule has 0 aliphatic rings. The van der Waals surface area contributed by atoms with Crippen LogP contribution in [0.4, 0.5) is 11.5 Å². The standard InChI is InChI=1S/C26H24N4O/c1-18-11-13-20(14-12-18)19(2)27-26(31)22-9-6-10-23(17-22)28-25-16-15-24(29-30-25)21-7-4-3-5-8-21/h3-17,19H,1-2H3,(H,27,31)(H,28,30)/t19-/m1/s1. The van der Waals surface area contributed by atoms with Crippen LogP contribution >= 0.6 is 0 Å². The number of amides is 1. The molecule has 0 bridgehead atoms. The second-order valence-electron chi connectivity index (χ2n) is 7.48. The number of nitrogens with zero attached hydrogens (tertiary/aromatic N) is 2. The summed E-state index contributed by atoms with van der Waals surface area (Å²) in [5, 5.41) is 14.8. The fourth-order valence-electron chi connectivity index (χ4n) is 3.27. The van der Waals surface area contributed by atoms with Gasteiger partial charge in [-0.3, -0.25) is 4.79 Å². The average molecular weight is 409 g/mol. The maximum Gasteiger partial charge on any atom is 0.251 e. The van der Waals surface area contributed by atoms with Gasteiger partial charge in [0, 0.05) is 16.8 Å². The van der Waals surface area contributed by atoms with Crippen molar-refractivity contribution < 1.29 is 4.79 Å². The van der Waals surface area contributed by atoms with E-state index in [1.807, 2.05) is 98.8 Å². The van der Waals surface area contributed by atoms with Gasteiger partial charge in [0.1, 0.15) is 0 Å². The Morgan fingerprint density at radius 1 is 0.839 bits per heavy atom. The van der Waals surface area contributed by atoms with Gasteiger partial charge in [0.2, 0.25) is 0 Å². The predicted octanol–water partition coefficient (Wildman–Crippen LogP) is 5.69. The summed E-state index contributed by atoms with van der Waals surface area (Å²) in [6, 6.07) is 29.1. The van der Waals surface area contributed by atoms with E-state index in [-0.39, 0.29) is 11.9 Å². The van der Waals surface area contributed by atoms with Crippen LogP contribution in [0, 0.1) is 6.92 Å². The van der Waals surface area contributed by atoms with Crippen LogP contribution in [0.15, 0.2) is 91.0 Å². The molecule has 0 aliphatic carbocycles. The minimum Gasteiger partial charge on any atom is -0.346 e. The number of benzene rings is 3. The van der Waals surface area contributed by atoms with Crippen LogP contribution in [0.25, 0.3) is 11.3 Å². The van der Waals surface area contributed by atoms with Crippen molar-refractivity contribution >= 4 is 17.4 Å². The van der Waals surface area contributed by atoms with E-state index < -0.39 is 0 Å². The Bertz CT molecular complexity index is 1160. The maximum atomic E-state index is 12.7. The van der Waals surface area contributed by atoms with Gasteiger partial charge < -0.3 is 10.6 Å². The number of rotatable bonds is 6. The van der Waals surface area contributed by atoms with Gasteiger partial charge in [-0.2, -0.15) is 0 Å². The molecule has 31 heavy (non-hydrogen) atoms. The van der Waals surface area contributed by atoms with E-state index >= 15 is 0 Å². The average Bonchev–Trinajstić information content (AvgIpc) is 2.81. The molecule has 0 spiro atoms. The van der Waals surface area contributed by atoms with E-state index in [1.165, 1.54) is 5.56 Å². The molecule has 0 radical (unpaired) electrons. The quantitative estimate of drug-likeness (QED) is 0.430. The van der Waals surface area contributed by atoms with Crippen molar-refractivity contribution in [2.24, 2.45) is 0 Å². The zero-order valence-electron chi connectivity index (χ0n) is 17.5. The minimum absolute atomic E-state index is 0.0823. The van der Waals surface area contributed by atoms with Gasteiger partial charge in [-0.25, -0.2) is 0 Å². The summed E-state index contributed by atoms with van der Waals surface area (Å²) in [5.41, 5.74) is 5.45. The van der Waals surface area contributed by atoms with Crippen molar-refractivity contribution in [3.05, 3.63) is 108 Å². The lowest BCUT2D eigenvalue weighted by molar-refractivity contribution is 0.0940. The Morgan fingerprint density at radius 3 is 2.32 bits per heavy atom. The summed E-state index contributed by atoms with van der Waals surface area (Å²) in [6.45, 7) is 4.03. The first-order valence-electron chi connectivity index (χ1n) is 10.2. The van der Waals surface area contributed by atoms with Crippen LogP contribution in [0.2, 0.25) is 0 Å². The van der Waals surface area contributed by atoms with Crippen LogP contribution in [-0.2, 0) is 0 Å². The van der Waals surface area contributed by atoms with Gasteiger partial charge in [0.25, 0.3) is 5.91 Å². The topological polar surface area (TPSA) is 66.9 Å². The third kappa shape index (κ3) is 5.14. The summed E-state index contributed by atoms with van der Waals surface area (Å²) in [5.74, 6) is 0.493. The van der Waals surface area contributed by atoms with Crippen molar-refractivity contribution in [1.29, 1.82) is 0 Å². The minimum atomic E-state index is -0.123. The van der Waals surface area contributed by atoms with Gasteiger partial charge >= 0.3 is 0 Å². The first kappa shape index (κ1) is 20.3. The maximum absolute atomic E-state index is 12.7. The van der Waals surface area contributed by atoms with Crippen LogP contribution in [-0.4, -0.2) is 16.1 Å². The lowest BCUT2D eigenvalue weighted by Gasteiger charge is -2.15. The number of aryl methyl sites for hydroxylation is 1. The molecule has 0 fully saturated rings. The number of aromatic nitrogens is 2. The highest BCUT2D eigenvalue weighted by atomic mass is 16.1. The van der Waals surface area contributed by atoms with E-state index in [0.29, 0.717) is 11.4 Å². The third-order valence-electron chi connectivity index (χ3n) is 5.06. The van der Waals surface area contributed by atoms with Crippen molar-refractivity contribution in [3.8, 4) is 11.3 Å². The molecule has 5 nitrogen and oxygen atoms in total. The SMILES string of the molecule is Cc1ccc([C@@H](C)NC(=O)c2cccc(Nc3ccc(-c4ccccc4)nn3)c2)cc1. The molecule has 3 aromatic carbocycles. The summed E-state index contributed by atoms with van der Waals surface area (Å²) in [6.07, 6.45) is 0. The van der Waals surface area contributed by atoms with Crippen molar-refractivity contribution in [3.63, 3.8) is 0 Å². The Balaban J connectivity index is 1.43. The molecule has 2 N–H and O–H groups in total. The Labute approximate surface area is 182 Å². The van der Waals surface area contributed by atoms with Crippen LogP contribution in [0.3, 0.4) is 0 Å². The highest BCUT2D eigenvalue weighted by molar-refractivity contribution is 5.95. The molecule has 1 aromatic heterocycles. The van der Waals surface area contributed by atoms with E-state index in [1.54, 1.807) is 6.07 Å². The number of carbonyl (C=O) groups excluding carboxylic acids is 1. The van der Waals surface area contributed by atoms with Crippen molar-refractivity contribution in [2.45, 2.75) is 19.9 Å². The second-order valence-corrected chi connectivity index (χ2v) is 7.48. The fourth-order valence-corrected chi connectivity index (χ4v) is 3.27. The summed E-state index contributed by atoms with van der Waals surface area (Å²) < 4.78 is 0. The van der Waals surface area contributed by atoms with Gasteiger partial charge in [-0.05, 0) is 49.7 Å². The van der Waals surface area contributed by atoms with Gasteiger partial charge in [0.05, 0.1) is 11.7 Å². The van der Waals surface area contributed by atoms with Gasteiger partial charge in [-0.15, -0.1) is 10.2 Å². The molecule has 4 rings (SSSR count).